The molecule has 0 amide bonds. The van der Waals surface area contributed by atoms with E-state index in [1.54, 1.807) is 12.1 Å². The Morgan fingerprint density at radius 2 is 1.86 bits per heavy atom. The number of allylic oxidation sites excluding steroid dienone is 1. The second kappa shape index (κ2) is 7.73. The predicted molar refractivity (Wildman–Crippen MR) is 89.9 cm³/mol. The number of nitro groups is 1. The van der Waals surface area contributed by atoms with E-state index in [0.29, 0.717) is 5.69 Å². The Labute approximate surface area is 129 Å². The third-order valence-electron chi connectivity index (χ3n) is 3.04. The zero-order chi connectivity index (χ0) is 15.8. The summed E-state index contributed by atoms with van der Waals surface area (Å²) in [5.41, 5.74) is 5.69. The van der Waals surface area contributed by atoms with E-state index in [1.165, 1.54) is 12.1 Å². The highest BCUT2D eigenvalue weighted by Crippen LogP contribution is 2.15. The lowest BCUT2D eigenvalue weighted by molar-refractivity contribution is -0.384. The average molecular weight is 295 g/mol. The summed E-state index contributed by atoms with van der Waals surface area (Å²) in [4.78, 5) is 10.2. The molecule has 0 aliphatic heterocycles. The smallest absolute Gasteiger partial charge is 0.269 e. The molecule has 5 nitrogen and oxygen atoms in total. The molecule has 22 heavy (non-hydrogen) atoms. The monoisotopic (exact) mass is 295 g/mol. The minimum Gasteiger partial charge on any atom is -0.278 e. The first kappa shape index (κ1) is 15.4. The molecule has 0 aromatic heterocycles. The highest BCUT2D eigenvalue weighted by atomic mass is 16.6. The van der Waals surface area contributed by atoms with Crippen molar-refractivity contribution in [3.8, 4) is 0 Å². The number of hydrazone groups is 1. The summed E-state index contributed by atoms with van der Waals surface area (Å²) in [5.74, 6) is 0. The summed E-state index contributed by atoms with van der Waals surface area (Å²) in [6.07, 6.45) is 4.73. The van der Waals surface area contributed by atoms with Crippen molar-refractivity contribution in [3.05, 3.63) is 76.4 Å². The van der Waals surface area contributed by atoms with E-state index < -0.39 is 4.92 Å². The second-order valence-corrected chi connectivity index (χ2v) is 4.62. The molecule has 0 radical (unpaired) electrons. The maximum Gasteiger partial charge on any atom is 0.269 e. The van der Waals surface area contributed by atoms with Crippen LogP contribution >= 0.6 is 0 Å². The number of anilines is 1. The summed E-state index contributed by atoms with van der Waals surface area (Å²) in [6.45, 7) is 2.02. The lowest BCUT2D eigenvalue weighted by atomic mass is 10.2. The number of nitrogens with zero attached hydrogens (tertiary/aromatic N) is 2. The summed E-state index contributed by atoms with van der Waals surface area (Å²) in [7, 11) is 0. The van der Waals surface area contributed by atoms with Gasteiger partial charge in [-0.2, -0.15) is 5.10 Å². The SMILES string of the molecule is CCC(/C=C/c1ccccc1)=N/Nc1ccc([N+](=O)[O-])cc1. The highest BCUT2D eigenvalue weighted by Gasteiger charge is 2.03. The Morgan fingerprint density at radius 1 is 1.18 bits per heavy atom. The molecule has 5 heteroatoms. The van der Waals surface area contributed by atoms with Crippen molar-refractivity contribution in [2.75, 3.05) is 5.43 Å². The molecule has 0 aliphatic carbocycles. The standard InChI is InChI=1S/C17H17N3O2/c1-2-15(9-8-14-6-4-3-5-7-14)18-19-16-10-12-17(13-11-16)20(21)22/h3-13,19H,2H2,1H3/b9-8+,18-15-. The van der Waals surface area contributed by atoms with Crippen molar-refractivity contribution in [1.82, 2.24) is 0 Å². The fourth-order valence-corrected chi connectivity index (χ4v) is 1.78. The van der Waals surface area contributed by atoms with Gasteiger partial charge < -0.3 is 0 Å². The first-order chi connectivity index (χ1) is 10.7. The number of nitro benzene ring substituents is 1. The highest BCUT2D eigenvalue weighted by molar-refractivity contribution is 5.98. The zero-order valence-corrected chi connectivity index (χ0v) is 12.3. The molecule has 0 saturated heterocycles. The maximum absolute atomic E-state index is 10.6. The van der Waals surface area contributed by atoms with Crippen molar-refractivity contribution in [1.29, 1.82) is 0 Å². The van der Waals surface area contributed by atoms with Gasteiger partial charge in [0.1, 0.15) is 0 Å². The van der Waals surface area contributed by atoms with E-state index in [2.05, 4.69) is 10.5 Å². The van der Waals surface area contributed by atoms with Gasteiger partial charge in [0.2, 0.25) is 0 Å². The largest absolute Gasteiger partial charge is 0.278 e. The van der Waals surface area contributed by atoms with Crippen molar-refractivity contribution >= 4 is 23.2 Å². The molecular weight excluding hydrogens is 278 g/mol. The van der Waals surface area contributed by atoms with Crippen molar-refractivity contribution in [2.24, 2.45) is 5.10 Å². The van der Waals surface area contributed by atoms with E-state index in [0.717, 1.165) is 17.7 Å². The van der Waals surface area contributed by atoms with Crippen LogP contribution in [0.25, 0.3) is 6.08 Å². The van der Waals surface area contributed by atoms with Crippen LogP contribution in [-0.2, 0) is 0 Å². The quantitative estimate of drug-likeness (QED) is 0.485. The van der Waals surface area contributed by atoms with Crippen LogP contribution in [0.4, 0.5) is 11.4 Å². The summed E-state index contributed by atoms with van der Waals surface area (Å²) >= 11 is 0. The molecule has 2 aromatic carbocycles. The van der Waals surface area contributed by atoms with Crippen LogP contribution in [-0.4, -0.2) is 10.6 Å². The van der Waals surface area contributed by atoms with Crippen molar-refractivity contribution in [3.63, 3.8) is 0 Å². The van der Waals surface area contributed by atoms with Gasteiger partial charge in [0.25, 0.3) is 5.69 Å². The van der Waals surface area contributed by atoms with Crippen LogP contribution in [0.3, 0.4) is 0 Å². The molecule has 0 atom stereocenters. The molecule has 112 valence electrons. The summed E-state index contributed by atoms with van der Waals surface area (Å²) < 4.78 is 0. The Balaban J connectivity index is 2.03. The van der Waals surface area contributed by atoms with E-state index in [9.17, 15) is 10.1 Å². The van der Waals surface area contributed by atoms with Crippen molar-refractivity contribution in [2.45, 2.75) is 13.3 Å². The van der Waals surface area contributed by atoms with Crippen LogP contribution in [0.1, 0.15) is 18.9 Å². The molecule has 0 spiro atoms. The third kappa shape index (κ3) is 4.56. The third-order valence-corrected chi connectivity index (χ3v) is 3.04. The van der Waals surface area contributed by atoms with Gasteiger partial charge in [-0.1, -0.05) is 43.3 Å². The Bertz CT molecular complexity index is 677. The minimum absolute atomic E-state index is 0.0641. The average Bonchev–Trinajstić information content (AvgIpc) is 2.56. The molecule has 0 saturated carbocycles. The summed E-state index contributed by atoms with van der Waals surface area (Å²) in [6, 6.07) is 16.1. The van der Waals surface area contributed by atoms with E-state index in [-0.39, 0.29) is 5.69 Å². The summed E-state index contributed by atoms with van der Waals surface area (Å²) in [5, 5.41) is 14.9. The van der Waals surface area contributed by atoms with Crippen molar-refractivity contribution < 1.29 is 4.92 Å². The molecule has 0 unspecified atom stereocenters. The zero-order valence-electron chi connectivity index (χ0n) is 12.3. The number of hydrogen-bond donors (Lipinski definition) is 1. The topological polar surface area (TPSA) is 67.5 Å². The number of rotatable bonds is 6. The van der Waals surface area contributed by atoms with Crippen LogP contribution in [0, 0.1) is 10.1 Å². The lowest BCUT2D eigenvalue weighted by Gasteiger charge is -2.02. The van der Waals surface area contributed by atoms with Gasteiger partial charge in [-0.25, -0.2) is 0 Å². The predicted octanol–water partition coefficient (Wildman–Crippen LogP) is 4.49. The molecule has 1 N–H and O–H groups in total. The van der Waals surface area contributed by atoms with E-state index in [1.807, 2.05) is 49.4 Å². The maximum atomic E-state index is 10.6. The van der Waals surface area contributed by atoms with Crippen LogP contribution in [0.2, 0.25) is 0 Å². The molecule has 0 aliphatic rings. The first-order valence-corrected chi connectivity index (χ1v) is 6.99. The van der Waals surface area contributed by atoms with Crippen LogP contribution < -0.4 is 5.43 Å². The number of nitrogens with one attached hydrogen (secondary N) is 1. The lowest BCUT2D eigenvalue weighted by Crippen LogP contribution is -1.97. The molecule has 2 aromatic rings. The van der Waals surface area contributed by atoms with Gasteiger partial charge in [-0.3, -0.25) is 15.5 Å². The van der Waals surface area contributed by atoms with E-state index in [4.69, 9.17) is 0 Å². The molecule has 0 bridgehead atoms. The number of hydrogen-bond acceptors (Lipinski definition) is 4. The fraction of sp³-hybridized carbons (Fsp3) is 0.118. The van der Waals surface area contributed by atoms with E-state index >= 15 is 0 Å². The molecular formula is C17H17N3O2. The van der Waals surface area contributed by atoms with Crippen LogP contribution in [0.15, 0.2) is 65.8 Å². The number of benzene rings is 2. The Hall–Kier alpha value is -2.95. The molecule has 2 rings (SSSR count). The normalized spacial score (nSPS) is 11.6. The van der Waals surface area contributed by atoms with Gasteiger partial charge >= 0.3 is 0 Å². The van der Waals surface area contributed by atoms with Gasteiger partial charge in [-0.05, 0) is 30.2 Å². The van der Waals surface area contributed by atoms with Crippen LogP contribution in [0.5, 0.6) is 0 Å². The van der Waals surface area contributed by atoms with Gasteiger partial charge in [0.15, 0.2) is 0 Å². The second-order valence-electron chi connectivity index (χ2n) is 4.62. The Kier molecular flexibility index (Phi) is 5.43. The molecule has 0 heterocycles. The first-order valence-electron chi connectivity index (χ1n) is 6.99. The number of non-ortho nitro benzene ring substituents is 1. The Morgan fingerprint density at radius 3 is 2.45 bits per heavy atom. The minimum atomic E-state index is -0.423. The fourth-order valence-electron chi connectivity index (χ4n) is 1.78. The van der Waals surface area contributed by atoms with Gasteiger partial charge in [-0.15, -0.1) is 0 Å². The molecule has 0 fully saturated rings. The van der Waals surface area contributed by atoms with Gasteiger partial charge in [0.05, 0.1) is 16.3 Å². The van der Waals surface area contributed by atoms with Gasteiger partial charge in [0, 0.05) is 12.1 Å².